The van der Waals surface area contributed by atoms with Crippen LogP contribution in [0.25, 0.3) is 0 Å². The van der Waals surface area contributed by atoms with Gasteiger partial charge in [-0.15, -0.1) is 0 Å². The Morgan fingerprint density at radius 2 is 2.16 bits per heavy atom. The summed E-state index contributed by atoms with van der Waals surface area (Å²) in [6, 6.07) is 1.66. The van der Waals surface area contributed by atoms with Crippen LogP contribution in [0.1, 0.15) is 37.9 Å². The van der Waals surface area contributed by atoms with Crippen molar-refractivity contribution in [1.29, 1.82) is 0 Å². The van der Waals surface area contributed by atoms with Gasteiger partial charge >= 0.3 is 0 Å². The molecule has 0 aromatic carbocycles. The van der Waals surface area contributed by atoms with Gasteiger partial charge in [0.1, 0.15) is 16.8 Å². The molecular formula is C12H16ClN3O2S. The number of sulfone groups is 1. The summed E-state index contributed by atoms with van der Waals surface area (Å²) in [5.74, 6) is 2.17. The SMILES string of the molecule is CC1(Nc2cc(Cl)nc(C3CC3)n2)CCS(=O)(=O)C1. The Kier molecular flexibility index (Phi) is 2.98. The van der Waals surface area contributed by atoms with Gasteiger partial charge in [0.2, 0.25) is 0 Å². The highest BCUT2D eigenvalue weighted by Gasteiger charge is 2.39. The summed E-state index contributed by atoms with van der Waals surface area (Å²) in [6.07, 6.45) is 2.80. The number of hydrogen-bond donors (Lipinski definition) is 1. The van der Waals surface area contributed by atoms with Crippen molar-refractivity contribution in [2.24, 2.45) is 0 Å². The Morgan fingerprint density at radius 1 is 1.42 bits per heavy atom. The number of aromatic nitrogens is 2. The maximum Gasteiger partial charge on any atom is 0.152 e. The molecule has 7 heteroatoms. The van der Waals surface area contributed by atoms with Crippen molar-refractivity contribution >= 4 is 27.3 Å². The van der Waals surface area contributed by atoms with Gasteiger partial charge in [-0.25, -0.2) is 18.4 Å². The minimum Gasteiger partial charge on any atom is -0.364 e. The monoisotopic (exact) mass is 301 g/mol. The number of anilines is 1. The number of hydrogen-bond acceptors (Lipinski definition) is 5. The van der Waals surface area contributed by atoms with Crippen LogP contribution in [0.4, 0.5) is 5.82 Å². The zero-order valence-corrected chi connectivity index (χ0v) is 12.3. The van der Waals surface area contributed by atoms with Gasteiger partial charge in [-0.05, 0) is 26.2 Å². The summed E-state index contributed by atoms with van der Waals surface area (Å²) in [4.78, 5) is 8.67. The molecule has 0 bridgehead atoms. The molecule has 1 N–H and O–H groups in total. The van der Waals surface area contributed by atoms with Crippen molar-refractivity contribution in [3.05, 3.63) is 17.0 Å². The largest absolute Gasteiger partial charge is 0.364 e. The van der Waals surface area contributed by atoms with E-state index < -0.39 is 15.4 Å². The molecule has 2 aliphatic rings. The van der Waals surface area contributed by atoms with E-state index in [4.69, 9.17) is 11.6 Å². The van der Waals surface area contributed by atoms with Crippen LogP contribution in [-0.4, -0.2) is 35.4 Å². The molecule has 2 heterocycles. The molecule has 104 valence electrons. The average Bonchev–Trinajstić information content (AvgIpc) is 3.05. The van der Waals surface area contributed by atoms with E-state index in [2.05, 4.69) is 15.3 Å². The number of nitrogens with zero attached hydrogens (tertiary/aromatic N) is 2. The first-order valence-electron chi connectivity index (χ1n) is 6.38. The summed E-state index contributed by atoms with van der Waals surface area (Å²) in [7, 11) is -2.94. The highest BCUT2D eigenvalue weighted by Crippen LogP contribution is 2.39. The van der Waals surface area contributed by atoms with Gasteiger partial charge in [-0.3, -0.25) is 0 Å². The standard InChI is InChI=1S/C12H16ClN3O2S/c1-12(4-5-19(17,18)7-12)16-10-6-9(13)14-11(15-10)8-2-3-8/h6,8H,2-5,7H2,1H3,(H,14,15,16). The first-order valence-corrected chi connectivity index (χ1v) is 8.58. The summed E-state index contributed by atoms with van der Waals surface area (Å²) >= 11 is 6.00. The molecule has 1 saturated heterocycles. The molecule has 0 radical (unpaired) electrons. The third-order valence-electron chi connectivity index (χ3n) is 3.59. The Labute approximate surface area is 117 Å². The van der Waals surface area contributed by atoms with E-state index >= 15 is 0 Å². The van der Waals surface area contributed by atoms with Crippen molar-refractivity contribution in [3.8, 4) is 0 Å². The second-order valence-electron chi connectivity index (χ2n) is 5.74. The molecule has 1 saturated carbocycles. The Balaban J connectivity index is 1.83. The zero-order valence-electron chi connectivity index (χ0n) is 10.7. The Bertz CT molecular complexity index is 615. The molecule has 3 rings (SSSR count). The zero-order chi connectivity index (χ0) is 13.7. The lowest BCUT2D eigenvalue weighted by molar-refractivity contribution is 0.571. The molecule has 1 aliphatic heterocycles. The first-order chi connectivity index (χ1) is 8.85. The van der Waals surface area contributed by atoms with Crippen molar-refractivity contribution < 1.29 is 8.42 Å². The van der Waals surface area contributed by atoms with E-state index in [0.717, 1.165) is 18.7 Å². The van der Waals surface area contributed by atoms with Crippen LogP contribution in [-0.2, 0) is 9.84 Å². The van der Waals surface area contributed by atoms with Gasteiger partial charge in [0, 0.05) is 12.0 Å². The molecule has 1 atom stereocenters. The Morgan fingerprint density at radius 3 is 2.74 bits per heavy atom. The molecule has 0 amide bonds. The van der Waals surface area contributed by atoms with Gasteiger partial charge < -0.3 is 5.32 Å². The van der Waals surface area contributed by atoms with Gasteiger partial charge in [0.05, 0.1) is 17.0 Å². The molecule has 1 aromatic heterocycles. The fourth-order valence-electron chi connectivity index (χ4n) is 2.44. The van der Waals surface area contributed by atoms with E-state index in [-0.39, 0.29) is 11.5 Å². The minimum absolute atomic E-state index is 0.139. The lowest BCUT2D eigenvalue weighted by Crippen LogP contribution is -2.36. The van der Waals surface area contributed by atoms with Gasteiger partial charge in [0.25, 0.3) is 0 Å². The van der Waals surface area contributed by atoms with Gasteiger partial charge in [0.15, 0.2) is 9.84 Å². The van der Waals surface area contributed by atoms with Crippen LogP contribution < -0.4 is 5.32 Å². The smallest absolute Gasteiger partial charge is 0.152 e. The molecule has 0 spiro atoms. The van der Waals surface area contributed by atoms with Crippen LogP contribution in [0.2, 0.25) is 5.15 Å². The molecule has 2 fully saturated rings. The van der Waals surface area contributed by atoms with E-state index in [1.807, 2.05) is 6.92 Å². The summed E-state index contributed by atoms with van der Waals surface area (Å²) in [5.41, 5.74) is -0.461. The lowest BCUT2D eigenvalue weighted by Gasteiger charge is -2.24. The van der Waals surface area contributed by atoms with Crippen molar-refractivity contribution in [3.63, 3.8) is 0 Å². The molecule has 1 aliphatic carbocycles. The van der Waals surface area contributed by atoms with Crippen molar-refractivity contribution in [1.82, 2.24) is 9.97 Å². The van der Waals surface area contributed by atoms with Crippen LogP contribution >= 0.6 is 11.6 Å². The molecule has 5 nitrogen and oxygen atoms in total. The predicted octanol–water partition coefficient (Wildman–Crippen LogP) is 2.00. The maximum atomic E-state index is 11.6. The fraction of sp³-hybridized carbons (Fsp3) is 0.667. The lowest BCUT2D eigenvalue weighted by atomic mass is 10.0. The molecule has 19 heavy (non-hydrogen) atoms. The average molecular weight is 302 g/mol. The van der Waals surface area contributed by atoms with E-state index in [9.17, 15) is 8.42 Å². The number of nitrogens with one attached hydrogen (secondary N) is 1. The van der Waals surface area contributed by atoms with Crippen LogP contribution in [0.15, 0.2) is 6.07 Å². The van der Waals surface area contributed by atoms with Crippen LogP contribution in [0, 0.1) is 0 Å². The topological polar surface area (TPSA) is 72.0 Å². The summed E-state index contributed by atoms with van der Waals surface area (Å²) < 4.78 is 23.2. The quantitative estimate of drug-likeness (QED) is 0.865. The molecule has 1 aromatic rings. The van der Waals surface area contributed by atoms with Gasteiger partial charge in [-0.2, -0.15) is 0 Å². The fourth-order valence-corrected chi connectivity index (χ4v) is 4.72. The maximum absolute atomic E-state index is 11.6. The van der Waals surface area contributed by atoms with Crippen molar-refractivity contribution in [2.45, 2.75) is 37.6 Å². The van der Waals surface area contributed by atoms with Crippen LogP contribution in [0.3, 0.4) is 0 Å². The summed E-state index contributed by atoms with van der Waals surface area (Å²) in [5, 5.41) is 3.63. The highest BCUT2D eigenvalue weighted by molar-refractivity contribution is 7.91. The van der Waals surface area contributed by atoms with E-state index in [0.29, 0.717) is 23.3 Å². The van der Waals surface area contributed by atoms with Crippen molar-refractivity contribution in [2.75, 3.05) is 16.8 Å². The summed E-state index contributed by atoms with van der Waals surface area (Å²) in [6.45, 7) is 1.91. The first kappa shape index (κ1) is 13.1. The van der Waals surface area contributed by atoms with E-state index in [1.54, 1.807) is 6.07 Å². The van der Waals surface area contributed by atoms with Crippen LogP contribution in [0.5, 0.6) is 0 Å². The minimum atomic E-state index is -2.94. The second-order valence-corrected chi connectivity index (χ2v) is 8.31. The third-order valence-corrected chi connectivity index (χ3v) is 5.68. The van der Waals surface area contributed by atoms with Gasteiger partial charge in [-0.1, -0.05) is 11.6 Å². The normalized spacial score (nSPS) is 29.4. The second kappa shape index (κ2) is 4.31. The number of rotatable bonds is 3. The highest BCUT2D eigenvalue weighted by atomic mass is 35.5. The molecular weight excluding hydrogens is 286 g/mol. The van der Waals surface area contributed by atoms with E-state index in [1.165, 1.54) is 0 Å². The number of halogens is 1. The predicted molar refractivity (Wildman–Crippen MR) is 74.3 cm³/mol. The Hall–Kier alpha value is -0.880. The third kappa shape index (κ3) is 3.00. The molecule has 1 unspecified atom stereocenters.